The van der Waals surface area contributed by atoms with Crippen LogP contribution in [-0.2, 0) is 22.6 Å². The highest BCUT2D eigenvalue weighted by Gasteiger charge is 2.26. The summed E-state index contributed by atoms with van der Waals surface area (Å²) in [5.74, 6) is -0.137. The van der Waals surface area contributed by atoms with Crippen LogP contribution in [-0.4, -0.2) is 29.3 Å². The van der Waals surface area contributed by atoms with Gasteiger partial charge in [0, 0.05) is 13.1 Å². The monoisotopic (exact) mass is 380 g/mol. The third kappa shape index (κ3) is 6.52. The fraction of sp³-hybridized carbons (Fsp3) is 0.417. The first-order valence-electron chi connectivity index (χ1n) is 10.1. The van der Waals surface area contributed by atoms with Gasteiger partial charge in [-0.3, -0.25) is 9.59 Å². The zero-order valence-electron chi connectivity index (χ0n) is 17.5. The lowest BCUT2D eigenvalue weighted by Crippen LogP contribution is -2.48. The molecule has 0 fully saturated rings. The van der Waals surface area contributed by atoms with Crippen molar-refractivity contribution in [3.05, 3.63) is 70.8 Å². The second-order valence-corrected chi connectivity index (χ2v) is 7.49. The van der Waals surface area contributed by atoms with E-state index >= 15 is 0 Å². The summed E-state index contributed by atoms with van der Waals surface area (Å²) in [6.45, 7) is 9.02. The van der Waals surface area contributed by atoms with Crippen LogP contribution in [0.3, 0.4) is 0 Å². The molecule has 28 heavy (non-hydrogen) atoms. The largest absolute Gasteiger partial charge is 0.354 e. The SMILES string of the molecule is CCCCNC(=O)C(C)N(Cc1ccc(C)cc1)C(=O)Cc1cccc(C)c1. The Hall–Kier alpha value is -2.62. The van der Waals surface area contributed by atoms with Gasteiger partial charge in [-0.15, -0.1) is 0 Å². The van der Waals surface area contributed by atoms with E-state index in [9.17, 15) is 9.59 Å². The average Bonchev–Trinajstić information content (AvgIpc) is 2.67. The summed E-state index contributed by atoms with van der Waals surface area (Å²) in [6.07, 6.45) is 2.25. The Morgan fingerprint density at radius 2 is 1.71 bits per heavy atom. The molecule has 0 heterocycles. The predicted molar refractivity (Wildman–Crippen MR) is 114 cm³/mol. The maximum atomic E-state index is 13.1. The van der Waals surface area contributed by atoms with Crippen molar-refractivity contribution in [3.63, 3.8) is 0 Å². The van der Waals surface area contributed by atoms with Gasteiger partial charge in [0.2, 0.25) is 11.8 Å². The molecule has 0 aliphatic carbocycles. The van der Waals surface area contributed by atoms with Crippen LogP contribution in [0.1, 0.15) is 48.9 Å². The van der Waals surface area contributed by atoms with Gasteiger partial charge >= 0.3 is 0 Å². The number of hydrogen-bond acceptors (Lipinski definition) is 2. The molecule has 4 nitrogen and oxygen atoms in total. The molecule has 1 unspecified atom stereocenters. The minimum Gasteiger partial charge on any atom is -0.354 e. The van der Waals surface area contributed by atoms with Crippen LogP contribution in [0.25, 0.3) is 0 Å². The molecule has 2 amide bonds. The molecule has 0 saturated heterocycles. The second kappa shape index (κ2) is 10.6. The Morgan fingerprint density at radius 1 is 1.00 bits per heavy atom. The minimum absolute atomic E-state index is 0.0377. The molecule has 0 aliphatic rings. The highest BCUT2D eigenvalue weighted by molar-refractivity contribution is 5.88. The smallest absolute Gasteiger partial charge is 0.242 e. The molecule has 0 bridgehead atoms. The molecule has 1 atom stereocenters. The van der Waals surface area contributed by atoms with Gasteiger partial charge in [0.25, 0.3) is 0 Å². The van der Waals surface area contributed by atoms with E-state index in [0.717, 1.165) is 29.5 Å². The Balaban J connectivity index is 2.17. The fourth-order valence-electron chi connectivity index (χ4n) is 3.11. The summed E-state index contributed by atoms with van der Waals surface area (Å²) in [7, 11) is 0. The number of nitrogens with zero attached hydrogens (tertiary/aromatic N) is 1. The number of rotatable bonds is 9. The molecule has 2 aromatic carbocycles. The second-order valence-electron chi connectivity index (χ2n) is 7.49. The van der Waals surface area contributed by atoms with Gasteiger partial charge in [-0.25, -0.2) is 0 Å². The van der Waals surface area contributed by atoms with Crippen LogP contribution >= 0.6 is 0 Å². The molecule has 0 spiro atoms. The lowest BCUT2D eigenvalue weighted by Gasteiger charge is -2.29. The van der Waals surface area contributed by atoms with Crippen LogP contribution in [0.4, 0.5) is 0 Å². The van der Waals surface area contributed by atoms with Crippen molar-refractivity contribution in [2.75, 3.05) is 6.54 Å². The van der Waals surface area contributed by atoms with Crippen LogP contribution < -0.4 is 5.32 Å². The summed E-state index contributed by atoms with van der Waals surface area (Å²) in [5.41, 5.74) is 4.29. The summed E-state index contributed by atoms with van der Waals surface area (Å²) in [6, 6.07) is 15.5. The van der Waals surface area contributed by atoms with Crippen molar-refractivity contribution in [2.24, 2.45) is 0 Å². The highest BCUT2D eigenvalue weighted by Crippen LogP contribution is 2.14. The van der Waals surface area contributed by atoms with E-state index in [0.29, 0.717) is 19.5 Å². The number of amides is 2. The van der Waals surface area contributed by atoms with Crippen molar-refractivity contribution in [1.29, 1.82) is 0 Å². The Morgan fingerprint density at radius 3 is 2.36 bits per heavy atom. The van der Waals surface area contributed by atoms with Gasteiger partial charge in [-0.2, -0.15) is 0 Å². The summed E-state index contributed by atoms with van der Waals surface area (Å²) in [4.78, 5) is 27.4. The van der Waals surface area contributed by atoms with Crippen LogP contribution in [0, 0.1) is 13.8 Å². The third-order valence-electron chi connectivity index (χ3n) is 4.91. The van der Waals surface area contributed by atoms with Crippen molar-refractivity contribution >= 4 is 11.8 Å². The van der Waals surface area contributed by atoms with E-state index in [1.807, 2.05) is 69.3 Å². The van der Waals surface area contributed by atoms with Gasteiger partial charge in [0.1, 0.15) is 6.04 Å². The van der Waals surface area contributed by atoms with E-state index in [1.54, 1.807) is 4.90 Å². The molecular formula is C24H32N2O2. The summed E-state index contributed by atoms with van der Waals surface area (Å²) < 4.78 is 0. The Kier molecular flexibility index (Phi) is 8.24. The van der Waals surface area contributed by atoms with Crippen LogP contribution in [0.2, 0.25) is 0 Å². The van der Waals surface area contributed by atoms with Gasteiger partial charge < -0.3 is 10.2 Å². The number of nitrogens with one attached hydrogen (secondary N) is 1. The third-order valence-corrected chi connectivity index (χ3v) is 4.91. The van der Waals surface area contributed by atoms with Gasteiger partial charge in [-0.05, 0) is 38.3 Å². The zero-order valence-corrected chi connectivity index (χ0v) is 17.5. The normalized spacial score (nSPS) is 11.7. The van der Waals surface area contributed by atoms with Gasteiger partial charge in [0.15, 0.2) is 0 Å². The van der Waals surface area contributed by atoms with E-state index < -0.39 is 6.04 Å². The average molecular weight is 381 g/mol. The lowest BCUT2D eigenvalue weighted by molar-refractivity contribution is -0.140. The zero-order chi connectivity index (χ0) is 20.5. The number of carbonyl (C=O) groups is 2. The van der Waals surface area contributed by atoms with Crippen molar-refractivity contribution in [2.45, 2.75) is 59.5 Å². The van der Waals surface area contributed by atoms with Gasteiger partial charge in [-0.1, -0.05) is 73.0 Å². The molecular weight excluding hydrogens is 348 g/mol. The molecule has 1 N–H and O–H groups in total. The molecule has 0 radical (unpaired) electrons. The number of hydrogen-bond donors (Lipinski definition) is 1. The van der Waals surface area contributed by atoms with E-state index in [-0.39, 0.29) is 11.8 Å². The van der Waals surface area contributed by atoms with Crippen LogP contribution in [0.15, 0.2) is 48.5 Å². The number of benzene rings is 2. The first-order valence-corrected chi connectivity index (χ1v) is 10.1. The van der Waals surface area contributed by atoms with Crippen molar-refractivity contribution < 1.29 is 9.59 Å². The molecule has 0 aromatic heterocycles. The predicted octanol–water partition coefficient (Wildman–Crippen LogP) is 4.18. The maximum absolute atomic E-state index is 13.1. The highest BCUT2D eigenvalue weighted by atomic mass is 16.2. The molecule has 2 aromatic rings. The number of aryl methyl sites for hydroxylation is 2. The standard InChI is InChI=1S/C24H32N2O2/c1-5-6-14-25-24(28)20(4)26(17-21-12-10-18(2)11-13-21)23(27)16-22-9-7-8-19(3)15-22/h7-13,15,20H,5-6,14,16-17H2,1-4H3,(H,25,28). The molecule has 0 aliphatic heterocycles. The van der Waals surface area contributed by atoms with Crippen LogP contribution in [0.5, 0.6) is 0 Å². The Labute approximate surface area is 169 Å². The number of carbonyl (C=O) groups excluding carboxylic acids is 2. The van der Waals surface area contributed by atoms with Crippen molar-refractivity contribution in [1.82, 2.24) is 10.2 Å². The first kappa shape index (κ1) is 21.7. The summed E-state index contributed by atoms with van der Waals surface area (Å²) in [5, 5.41) is 2.95. The quantitative estimate of drug-likeness (QED) is 0.664. The van der Waals surface area contributed by atoms with Gasteiger partial charge in [0.05, 0.1) is 6.42 Å². The van der Waals surface area contributed by atoms with E-state index in [4.69, 9.17) is 0 Å². The fourth-order valence-corrected chi connectivity index (χ4v) is 3.11. The maximum Gasteiger partial charge on any atom is 0.242 e. The van der Waals surface area contributed by atoms with Crippen molar-refractivity contribution in [3.8, 4) is 0 Å². The van der Waals surface area contributed by atoms with E-state index in [1.165, 1.54) is 5.56 Å². The number of unbranched alkanes of at least 4 members (excludes halogenated alkanes) is 1. The molecule has 4 heteroatoms. The Bertz CT molecular complexity index is 783. The van der Waals surface area contributed by atoms with E-state index in [2.05, 4.69) is 12.2 Å². The minimum atomic E-state index is -0.518. The molecule has 0 saturated carbocycles. The first-order chi connectivity index (χ1) is 13.4. The molecule has 2 rings (SSSR count). The topological polar surface area (TPSA) is 49.4 Å². The lowest BCUT2D eigenvalue weighted by atomic mass is 10.1. The molecule has 150 valence electrons. The summed E-state index contributed by atoms with van der Waals surface area (Å²) >= 11 is 0.